The lowest BCUT2D eigenvalue weighted by Crippen LogP contribution is -2.43. The topological polar surface area (TPSA) is 78.5 Å². The molecule has 5 rings (SSSR count). The van der Waals surface area contributed by atoms with Crippen LogP contribution in [0.15, 0.2) is 60.7 Å². The molecule has 2 unspecified atom stereocenters. The van der Waals surface area contributed by atoms with Crippen molar-refractivity contribution in [3.05, 3.63) is 82.9 Å². The first-order chi connectivity index (χ1) is 15.8. The third-order valence-corrected chi connectivity index (χ3v) is 6.90. The second kappa shape index (κ2) is 8.03. The van der Waals surface area contributed by atoms with Gasteiger partial charge < -0.3 is 10.6 Å². The van der Waals surface area contributed by atoms with Crippen LogP contribution in [0.3, 0.4) is 0 Å². The maximum atomic E-state index is 13.2. The molecule has 1 aliphatic heterocycles. The zero-order chi connectivity index (χ0) is 23.2. The fourth-order valence-corrected chi connectivity index (χ4v) is 4.91. The Kier molecular flexibility index (Phi) is 5.16. The molecule has 2 atom stereocenters. The molecule has 0 bridgehead atoms. The molecule has 0 spiro atoms. The molecule has 1 aliphatic carbocycles. The van der Waals surface area contributed by atoms with Crippen molar-refractivity contribution >= 4 is 28.6 Å². The van der Waals surface area contributed by atoms with E-state index in [2.05, 4.69) is 10.6 Å². The molecule has 1 heterocycles. The van der Waals surface area contributed by atoms with E-state index in [1.165, 1.54) is 11.1 Å². The summed E-state index contributed by atoms with van der Waals surface area (Å²) in [6.45, 7) is 3.28. The van der Waals surface area contributed by atoms with Crippen LogP contribution < -0.4 is 10.6 Å². The van der Waals surface area contributed by atoms with E-state index in [1.807, 2.05) is 67.6 Å². The molecule has 2 aliphatic rings. The molecule has 3 aromatic rings. The van der Waals surface area contributed by atoms with Gasteiger partial charge in [0.2, 0.25) is 5.91 Å². The fourth-order valence-electron chi connectivity index (χ4n) is 4.91. The van der Waals surface area contributed by atoms with Gasteiger partial charge in [0.15, 0.2) is 0 Å². The Bertz CT molecular complexity index is 1280. The van der Waals surface area contributed by atoms with Crippen molar-refractivity contribution in [1.29, 1.82) is 0 Å². The van der Waals surface area contributed by atoms with Crippen LogP contribution in [0.2, 0.25) is 0 Å². The number of carbonyl (C=O) groups is 3. The van der Waals surface area contributed by atoms with E-state index in [0.29, 0.717) is 0 Å². The number of carbonyl (C=O) groups excluding carboxylic acids is 3. The third kappa shape index (κ3) is 3.75. The number of hydrogen-bond acceptors (Lipinski definition) is 3. The average molecular weight is 442 g/mol. The molecule has 1 saturated heterocycles. The van der Waals surface area contributed by atoms with Gasteiger partial charge in [0, 0.05) is 0 Å². The minimum Gasteiger partial charge on any atom is -0.348 e. The minimum atomic E-state index is -1.17. The highest BCUT2D eigenvalue weighted by Crippen LogP contribution is 2.32. The monoisotopic (exact) mass is 441 g/mol. The minimum absolute atomic E-state index is 0.258. The number of hydrogen-bond donors (Lipinski definition) is 2. The summed E-state index contributed by atoms with van der Waals surface area (Å²) in [6, 6.07) is 19.2. The van der Waals surface area contributed by atoms with Crippen molar-refractivity contribution in [2.75, 3.05) is 6.54 Å². The van der Waals surface area contributed by atoms with Gasteiger partial charge in [0.25, 0.3) is 5.91 Å². The summed E-state index contributed by atoms with van der Waals surface area (Å²) >= 11 is 0. The summed E-state index contributed by atoms with van der Waals surface area (Å²) in [4.78, 5) is 39.7. The zero-order valence-electron chi connectivity index (χ0n) is 18.9. The number of nitrogens with one attached hydrogen (secondary N) is 2. The van der Waals surface area contributed by atoms with Crippen LogP contribution in [-0.2, 0) is 28.0 Å². The molecule has 0 aromatic heterocycles. The van der Waals surface area contributed by atoms with Crippen molar-refractivity contribution in [2.45, 2.75) is 44.7 Å². The molecule has 33 heavy (non-hydrogen) atoms. The first kappa shape index (κ1) is 21.2. The van der Waals surface area contributed by atoms with E-state index < -0.39 is 17.5 Å². The van der Waals surface area contributed by atoms with Gasteiger partial charge in [-0.15, -0.1) is 0 Å². The maximum absolute atomic E-state index is 13.2. The van der Waals surface area contributed by atoms with E-state index >= 15 is 0 Å². The van der Waals surface area contributed by atoms with Crippen molar-refractivity contribution in [1.82, 2.24) is 15.5 Å². The van der Waals surface area contributed by atoms with E-state index in [0.717, 1.165) is 46.1 Å². The number of urea groups is 1. The molecule has 4 amide bonds. The number of imide groups is 1. The molecule has 2 N–H and O–H groups in total. The molecular formula is C27H27N3O3. The Labute approximate surface area is 193 Å². The summed E-state index contributed by atoms with van der Waals surface area (Å²) in [5.41, 5.74) is 3.09. The van der Waals surface area contributed by atoms with Crippen molar-refractivity contribution < 1.29 is 14.4 Å². The van der Waals surface area contributed by atoms with Crippen LogP contribution in [-0.4, -0.2) is 29.3 Å². The molecule has 0 radical (unpaired) electrons. The van der Waals surface area contributed by atoms with Crippen molar-refractivity contribution in [2.24, 2.45) is 0 Å². The number of aryl methyl sites for hydroxylation is 2. The highest BCUT2D eigenvalue weighted by molar-refractivity contribution is 6.09. The fraction of sp³-hybridized carbons (Fsp3) is 0.296. The van der Waals surface area contributed by atoms with Gasteiger partial charge in [-0.1, -0.05) is 54.6 Å². The normalized spacial score (nSPS) is 20.6. The summed E-state index contributed by atoms with van der Waals surface area (Å²) in [5, 5.41) is 7.95. The molecule has 0 saturated carbocycles. The molecule has 168 valence electrons. The summed E-state index contributed by atoms with van der Waals surface area (Å²) in [6.07, 6.45) is 3.14. The molecular weight excluding hydrogens is 414 g/mol. The average Bonchev–Trinajstić information content (AvgIpc) is 3.37. The van der Waals surface area contributed by atoms with Crippen LogP contribution in [0.1, 0.15) is 48.6 Å². The Morgan fingerprint density at radius 1 is 1.03 bits per heavy atom. The second-order valence-electron chi connectivity index (χ2n) is 9.18. The van der Waals surface area contributed by atoms with Gasteiger partial charge in [-0.25, -0.2) is 4.79 Å². The summed E-state index contributed by atoms with van der Waals surface area (Å²) in [5.74, 6) is -0.781. The summed E-state index contributed by atoms with van der Waals surface area (Å²) in [7, 11) is 0. The molecule has 6 nitrogen and oxygen atoms in total. The second-order valence-corrected chi connectivity index (χ2v) is 9.18. The van der Waals surface area contributed by atoms with E-state index in [1.54, 1.807) is 6.92 Å². The predicted octanol–water partition coefficient (Wildman–Crippen LogP) is 3.97. The van der Waals surface area contributed by atoms with Gasteiger partial charge >= 0.3 is 6.03 Å². The molecule has 3 aromatic carbocycles. The molecule has 6 heteroatoms. The Balaban J connectivity index is 1.29. The Hall–Kier alpha value is -3.67. The number of nitrogens with zero attached hydrogens (tertiary/aromatic N) is 1. The lowest BCUT2D eigenvalue weighted by molar-refractivity contribution is -0.135. The van der Waals surface area contributed by atoms with Gasteiger partial charge in [0.1, 0.15) is 12.1 Å². The van der Waals surface area contributed by atoms with Crippen molar-refractivity contribution in [3.63, 3.8) is 0 Å². The largest absolute Gasteiger partial charge is 0.348 e. The third-order valence-electron chi connectivity index (χ3n) is 6.90. The zero-order valence-corrected chi connectivity index (χ0v) is 18.9. The SMILES string of the molecule is CC(NC(=O)CN1C(=O)NC(C)(c2ccc3c(c2)CCC3)C1=O)c1ccc2ccccc2c1. The van der Waals surface area contributed by atoms with Crippen molar-refractivity contribution in [3.8, 4) is 0 Å². The number of amides is 4. The highest BCUT2D eigenvalue weighted by atomic mass is 16.2. The van der Waals surface area contributed by atoms with Crippen LogP contribution in [0.4, 0.5) is 4.79 Å². The highest BCUT2D eigenvalue weighted by Gasteiger charge is 2.49. The standard InChI is InChI=1S/C27H27N3O3/c1-17(20-11-10-18-6-3-4-7-21(18)14-20)28-24(31)16-30-25(32)27(2,29-26(30)33)23-13-12-19-8-5-9-22(19)15-23/h3-4,6-7,10-15,17H,5,8-9,16H2,1-2H3,(H,28,31)(H,29,33). The Morgan fingerprint density at radius 2 is 1.79 bits per heavy atom. The molecule has 1 fully saturated rings. The van der Waals surface area contributed by atoms with Gasteiger partial charge in [-0.2, -0.15) is 0 Å². The quantitative estimate of drug-likeness (QED) is 0.588. The van der Waals surface area contributed by atoms with Crippen LogP contribution in [0.5, 0.6) is 0 Å². The van der Waals surface area contributed by atoms with Gasteiger partial charge in [0.05, 0.1) is 6.04 Å². The number of fused-ring (bicyclic) bond motifs is 2. The van der Waals surface area contributed by atoms with Crippen LogP contribution >= 0.6 is 0 Å². The number of benzene rings is 3. The first-order valence-corrected chi connectivity index (χ1v) is 11.4. The lowest BCUT2D eigenvalue weighted by Gasteiger charge is -2.23. The lowest BCUT2D eigenvalue weighted by atomic mass is 9.89. The van der Waals surface area contributed by atoms with E-state index in [9.17, 15) is 14.4 Å². The van der Waals surface area contributed by atoms with Crippen LogP contribution in [0, 0.1) is 0 Å². The number of rotatable bonds is 5. The smallest absolute Gasteiger partial charge is 0.325 e. The van der Waals surface area contributed by atoms with Gasteiger partial charge in [-0.05, 0) is 72.2 Å². The van der Waals surface area contributed by atoms with E-state index in [4.69, 9.17) is 0 Å². The predicted molar refractivity (Wildman–Crippen MR) is 127 cm³/mol. The van der Waals surface area contributed by atoms with E-state index in [-0.39, 0.29) is 18.5 Å². The Morgan fingerprint density at radius 3 is 2.61 bits per heavy atom. The maximum Gasteiger partial charge on any atom is 0.325 e. The van der Waals surface area contributed by atoms with Gasteiger partial charge in [-0.3, -0.25) is 14.5 Å². The first-order valence-electron chi connectivity index (χ1n) is 11.4. The summed E-state index contributed by atoms with van der Waals surface area (Å²) < 4.78 is 0. The van der Waals surface area contributed by atoms with Crippen LogP contribution in [0.25, 0.3) is 10.8 Å².